The van der Waals surface area contributed by atoms with Crippen molar-refractivity contribution in [3.05, 3.63) is 81.8 Å². The number of hydrogen-bond donors (Lipinski definition) is 2. The SMILES string of the molecule is C[C@@](OC=O)(C(=O)Nc1nnc(CCCCc2nnc(NC(=O)[C@H](OC=O)c3ccccc3)s2)s1)c1ccccc1. The average molecular weight is 595 g/mol. The Bertz CT molecular complexity index is 1470. The monoisotopic (exact) mass is 594 g/mol. The van der Waals surface area contributed by atoms with Crippen molar-refractivity contribution in [2.24, 2.45) is 0 Å². The van der Waals surface area contributed by atoms with E-state index in [0.717, 1.165) is 22.9 Å². The Balaban J connectivity index is 1.24. The molecular formula is C27H26N6O6S2. The number of hydrogen-bond acceptors (Lipinski definition) is 12. The number of carbonyl (C=O) groups excluding carboxylic acids is 4. The summed E-state index contributed by atoms with van der Waals surface area (Å²) in [5.41, 5.74) is -0.446. The summed E-state index contributed by atoms with van der Waals surface area (Å²) in [6, 6.07) is 17.4. The molecular weight excluding hydrogens is 568 g/mol. The van der Waals surface area contributed by atoms with Crippen molar-refractivity contribution in [3.63, 3.8) is 0 Å². The highest BCUT2D eigenvalue weighted by Gasteiger charge is 2.38. The number of rotatable bonds is 15. The normalized spacial score (nSPS) is 12.9. The number of anilines is 2. The predicted molar refractivity (Wildman–Crippen MR) is 151 cm³/mol. The molecule has 2 atom stereocenters. The zero-order chi connectivity index (χ0) is 29.1. The van der Waals surface area contributed by atoms with E-state index in [1.165, 1.54) is 29.6 Å². The van der Waals surface area contributed by atoms with Crippen LogP contribution in [0.5, 0.6) is 0 Å². The van der Waals surface area contributed by atoms with E-state index in [9.17, 15) is 19.2 Å². The number of aromatic nitrogens is 4. The zero-order valence-corrected chi connectivity index (χ0v) is 23.5. The van der Waals surface area contributed by atoms with Crippen molar-refractivity contribution < 1.29 is 28.7 Å². The van der Waals surface area contributed by atoms with Gasteiger partial charge in [0.2, 0.25) is 22.0 Å². The van der Waals surface area contributed by atoms with Gasteiger partial charge in [-0.2, -0.15) is 0 Å². The first-order chi connectivity index (χ1) is 19.9. The van der Waals surface area contributed by atoms with E-state index in [0.29, 0.717) is 34.2 Å². The van der Waals surface area contributed by atoms with Gasteiger partial charge in [-0.25, -0.2) is 0 Å². The van der Waals surface area contributed by atoms with Gasteiger partial charge in [-0.3, -0.25) is 29.8 Å². The first-order valence-electron chi connectivity index (χ1n) is 12.5. The van der Waals surface area contributed by atoms with E-state index in [1.54, 1.807) is 60.7 Å². The molecule has 0 unspecified atom stereocenters. The largest absolute Gasteiger partial charge is 0.449 e. The van der Waals surface area contributed by atoms with Crippen LogP contribution in [0.3, 0.4) is 0 Å². The molecule has 0 spiro atoms. The fourth-order valence-electron chi connectivity index (χ4n) is 3.83. The molecule has 0 aliphatic rings. The van der Waals surface area contributed by atoms with E-state index >= 15 is 0 Å². The van der Waals surface area contributed by atoms with Crippen LogP contribution in [0.2, 0.25) is 0 Å². The minimum Gasteiger partial charge on any atom is -0.449 e. The van der Waals surface area contributed by atoms with Crippen LogP contribution >= 0.6 is 22.7 Å². The van der Waals surface area contributed by atoms with Gasteiger partial charge in [-0.15, -0.1) is 20.4 Å². The molecule has 0 aliphatic carbocycles. The van der Waals surface area contributed by atoms with Crippen LogP contribution in [-0.2, 0) is 47.1 Å². The van der Waals surface area contributed by atoms with E-state index in [-0.39, 0.29) is 12.9 Å². The van der Waals surface area contributed by atoms with Gasteiger partial charge < -0.3 is 9.47 Å². The molecule has 0 saturated carbocycles. The Morgan fingerprint density at radius 2 is 1.39 bits per heavy atom. The maximum absolute atomic E-state index is 12.9. The van der Waals surface area contributed by atoms with Crippen molar-refractivity contribution in [2.75, 3.05) is 10.6 Å². The third-order valence-electron chi connectivity index (χ3n) is 5.99. The summed E-state index contributed by atoms with van der Waals surface area (Å²) >= 11 is 2.49. The maximum atomic E-state index is 12.9. The average Bonchev–Trinajstić information content (AvgIpc) is 3.64. The van der Waals surface area contributed by atoms with Crippen LogP contribution in [0.15, 0.2) is 60.7 Å². The molecule has 2 N–H and O–H groups in total. The van der Waals surface area contributed by atoms with Crippen molar-refractivity contribution in [3.8, 4) is 0 Å². The molecule has 4 aromatic rings. The summed E-state index contributed by atoms with van der Waals surface area (Å²) in [5.74, 6) is -1.06. The van der Waals surface area contributed by atoms with Crippen LogP contribution in [0.4, 0.5) is 10.3 Å². The van der Waals surface area contributed by atoms with Crippen LogP contribution in [0.1, 0.15) is 47.0 Å². The zero-order valence-electron chi connectivity index (χ0n) is 21.9. The first kappa shape index (κ1) is 29.4. The van der Waals surface area contributed by atoms with Gasteiger partial charge in [0.25, 0.3) is 24.8 Å². The molecule has 4 rings (SSSR count). The molecule has 41 heavy (non-hydrogen) atoms. The number of benzene rings is 2. The van der Waals surface area contributed by atoms with Crippen molar-refractivity contribution in [1.29, 1.82) is 0 Å². The van der Waals surface area contributed by atoms with Gasteiger partial charge in [0, 0.05) is 24.0 Å². The summed E-state index contributed by atoms with van der Waals surface area (Å²) in [7, 11) is 0. The van der Waals surface area contributed by atoms with Crippen molar-refractivity contribution in [2.45, 2.75) is 44.3 Å². The minimum atomic E-state index is -1.52. The number of aryl methyl sites for hydroxylation is 2. The molecule has 2 heterocycles. The Hall–Kier alpha value is -4.56. The highest BCUT2D eigenvalue weighted by molar-refractivity contribution is 7.15. The lowest BCUT2D eigenvalue weighted by Crippen LogP contribution is -2.40. The standard InChI is InChI=1S/C27H26N6O6S2/c1-27(39-17-35,19-12-6-3-7-13-19)24(37)29-26-33-31-21(41-26)15-9-8-14-20-30-32-25(40-20)28-23(36)22(38-16-34)18-10-4-2-5-11-18/h2-7,10-13,16-17,22H,8-9,14-15H2,1H3,(H,28,32,36)(H,29,33,37)/t22-,27+/m1/s1. The van der Waals surface area contributed by atoms with Crippen LogP contribution in [0, 0.1) is 0 Å². The molecule has 0 saturated heterocycles. The lowest BCUT2D eigenvalue weighted by atomic mass is 9.95. The molecule has 0 bridgehead atoms. The molecule has 12 nitrogen and oxygen atoms in total. The molecule has 2 amide bonds. The second kappa shape index (κ2) is 14.2. The Kier molecular flexibility index (Phi) is 10.2. The number of amides is 2. The third kappa shape index (κ3) is 7.77. The predicted octanol–water partition coefficient (Wildman–Crippen LogP) is 3.83. The maximum Gasteiger partial charge on any atom is 0.294 e. The third-order valence-corrected chi connectivity index (χ3v) is 7.79. The molecule has 2 aromatic heterocycles. The van der Waals surface area contributed by atoms with E-state index < -0.39 is 23.5 Å². The highest BCUT2D eigenvalue weighted by Crippen LogP contribution is 2.28. The summed E-state index contributed by atoms with van der Waals surface area (Å²) in [6.07, 6.45) is 1.75. The van der Waals surface area contributed by atoms with Gasteiger partial charge >= 0.3 is 0 Å². The lowest BCUT2D eigenvalue weighted by molar-refractivity contribution is -0.154. The number of carbonyl (C=O) groups is 4. The number of unbranched alkanes of at least 4 members (excludes halogenated alkanes) is 1. The fraction of sp³-hybridized carbons (Fsp3) is 0.259. The topological polar surface area (TPSA) is 162 Å². The summed E-state index contributed by atoms with van der Waals surface area (Å²) in [6.45, 7) is 2.00. The van der Waals surface area contributed by atoms with Crippen molar-refractivity contribution in [1.82, 2.24) is 20.4 Å². The Morgan fingerprint density at radius 3 is 1.95 bits per heavy atom. The second-order valence-electron chi connectivity index (χ2n) is 8.79. The summed E-state index contributed by atoms with van der Waals surface area (Å²) < 4.78 is 10.1. The minimum absolute atomic E-state index is 0.238. The van der Waals surface area contributed by atoms with Crippen LogP contribution in [-0.4, -0.2) is 45.2 Å². The van der Waals surface area contributed by atoms with E-state index in [2.05, 4.69) is 31.0 Å². The van der Waals surface area contributed by atoms with Crippen molar-refractivity contribution >= 4 is 57.7 Å². The number of nitrogens with zero attached hydrogens (tertiary/aromatic N) is 4. The van der Waals surface area contributed by atoms with Gasteiger partial charge in [-0.1, -0.05) is 83.3 Å². The molecule has 2 aromatic carbocycles. The lowest BCUT2D eigenvalue weighted by Gasteiger charge is -2.26. The van der Waals surface area contributed by atoms with E-state index in [4.69, 9.17) is 9.47 Å². The smallest absolute Gasteiger partial charge is 0.294 e. The second-order valence-corrected chi connectivity index (χ2v) is 10.9. The fourth-order valence-corrected chi connectivity index (χ4v) is 5.39. The molecule has 0 aliphatic heterocycles. The number of ether oxygens (including phenoxy) is 2. The molecule has 14 heteroatoms. The molecule has 212 valence electrons. The van der Waals surface area contributed by atoms with Gasteiger partial charge in [0.1, 0.15) is 10.0 Å². The van der Waals surface area contributed by atoms with Crippen LogP contribution in [0.25, 0.3) is 0 Å². The summed E-state index contributed by atoms with van der Waals surface area (Å²) in [5, 5.41) is 23.8. The van der Waals surface area contributed by atoms with Crippen LogP contribution < -0.4 is 10.6 Å². The van der Waals surface area contributed by atoms with Gasteiger partial charge in [0.15, 0.2) is 0 Å². The van der Waals surface area contributed by atoms with Gasteiger partial charge in [-0.05, 0) is 19.8 Å². The van der Waals surface area contributed by atoms with E-state index in [1.807, 2.05) is 0 Å². The quantitative estimate of drug-likeness (QED) is 0.153. The molecule has 0 radical (unpaired) electrons. The number of nitrogens with one attached hydrogen (secondary N) is 2. The first-order valence-corrected chi connectivity index (χ1v) is 14.1. The molecule has 0 fully saturated rings. The van der Waals surface area contributed by atoms with Gasteiger partial charge in [0.05, 0.1) is 0 Å². The Morgan fingerprint density at radius 1 is 0.829 bits per heavy atom. The Labute approximate surface area is 243 Å². The highest BCUT2D eigenvalue weighted by atomic mass is 32.1. The summed E-state index contributed by atoms with van der Waals surface area (Å²) in [4.78, 5) is 47.6.